The molecule has 1 amide bonds. The molecule has 5 heteroatoms. The number of amides is 1. The van der Waals surface area contributed by atoms with Gasteiger partial charge in [-0.3, -0.25) is 4.79 Å². The largest absolute Gasteiger partial charge is 0.485 e. The van der Waals surface area contributed by atoms with Gasteiger partial charge in [0.2, 0.25) is 6.10 Å². The molecule has 0 bridgehead atoms. The van der Waals surface area contributed by atoms with Crippen molar-refractivity contribution in [2.45, 2.75) is 12.1 Å². The molecule has 1 fully saturated rings. The van der Waals surface area contributed by atoms with Gasteiger partial charge < -0.3 is 19.3 Å². The lowest BCUT2D eigenvalue weighted by Crippen LogP contribution is -2.54. The molecule has 1 saturated heterocycles. The van der Waals surface area contributed by atoms with Crippen LogP contribution in [0.2, 0.25) is 0 Å². The molecule has 2 aliphatic rings. The molecule has 25 heavy (non-hydrogen) atoms. The van der Waals surface area contributed by atoms with E-state index in [9.17, 15) is 4.79 Å². The third-order valence-corrected chi connectivity index (χ3v) is 4.83. The predicted octanol–water partition coefficient (Wildman–Crippen LogP) is 2.34. The summed E-state index contributed by atoms with van der Waals surface area (Å²) in [5, 5.41) is 0. The monoisotopic (exact) mass is 338 g/mol. The topological polar surface area (TPSA) is 42.0 Å². The third kappa shape index (κ3) is 3.20. The highest BCUT2D eigenvalue weighted by atomic mass is 16.6. The normalized spacial score (nSPS) is 23.3. The highest BCUT2D eigenvalue weighted by molar-refractivity contribution is 5.82. The molecule has 2 heterocycles. The van der Waals surface area contributed by atoms with E-state index in [1.165, 1.54) is 0 Å². The smallest absolute Gasteiger partial charge is 0.267 e. The van der Waals surface area contributed by atoms with Gasteiger partial charge >= 0.3 is 0 Å². The molecule has 130 valence electrons. The maximum atomic E-state index is 13.2. The molecule has 4 rings (SSSR count). The number of rotatable bonds is 2. The molecule has 2 aliphatic heterocycles. The van der Waals surface area contributed by atoms with Gasteiger partial charge in [0.25, 0.3) is 5.91 Å². The summed E-state index contributed by atoms with van der Waals surface area (Å²) in [5.74, 6) is 1.33. The van der Waals surface area contributed by atoms with E-state index < -0.39 is 6.10 Å². The van der Waals surface area contributed by atoms with E-state index in [-0.39, 0.29) is 18.6 Å². The van der Waals surface area contributed by atoms with Gasteiger partial charge in [-0.25, -0.2) is 0 Å². The molecule has 0 N–H and O–H groups in total. The quantitative estimate of drug-likeness (QED) is 0.843. The third-order valence-electron chi connectivity index (χ3n) is 4.83. The van der Waals surface area contributed by atoms with Crippen LogP contribution in [0.4, 0.5) is 0 Å². The lowest BCUT2D eigenvalue weighted by atomic mass is 10.0. The van der Waals surface area contributed by atoms with Crippen molar-refractivity contribution >= 4 is 5.91 Å². The minimum absolute atomic E-state index is 0.00328. The number of carbonyl (C=O) groups excluding carboxylic acids is 1. The number of para-hydroxylation sites is 2. The summed E-state index contributed by atoms with van der Waals surface area (Å²) >= 11 is 0. The van der Waals surface area contributed by atoms with Crippen molar-refractivity contribution in [1.29, 1.82) is 0 Å². The predicted molar refractivity (Wildman–Crippen MR) is 94.7 cm³/mol. The minimum atomic E-state index is -0.593. The average molecular weight is 338 g/mol. The van der Waals surface area contributed by atoms with Gasteiger partial charge in [0.1, 0.15) is 6.61 Å². The van der Waals surface area contributed by atoms with Crippen LogP contribution in [0.25, 0.3) is 0 Å². The average Bonchev–Trinajstić information content (AvgIpc) is 2.67. The summed E-state index contributed by atoms with van der Waals surface area (Å²) in [4.78, 5) is 17.4. The first-order valence-corrected chi connectivity index (χ1v) is 8.65. The minimum Gasteiger partial charge on any atom is -0.485 e. The summed E-state index contributed by atoms with van der Waals surface area (Å²) in [6, 6.07) is 17.7. The van der Waals surface area contributed by atoms with E-state index >= 15 is 0 Å². The number of ether oxygens (including phenoxy) is 2. The van der Waals surface area contributed by atoms with Gasteiger partial charge in [0.05, 0.1) is 6.04 Å². The Kier molecular flexibility index (Phi) is 4.32. The molecular formula is C20H22N2O3. The second kappa shape index (κ2) is 6.76. The van der Waals surface area contributed by atoms with Crippen molar-refractivity contribution in [3.05, 3.63) is 60.2 Å². The van der Waals surface area contributed by atoms with Crippen LogP contribution in [0.3, 0.4) is 0 Å². The van der Waals surface area contributed by atoms with E-state index in [4.69, 9.17) is 9.47 Å². The van der Waals surface area contributed by atoms with Crippen LogP contribution in [0.15, 0.2) is 54.6 Å². The number of nitrogens with zero attached hydrogens (tertiary/aromatic N) is 2. The lowest BCUT2D eigenvalue weighted by molar-refractivity contribution is -0.146. The number of carbonyl (C=O) groups is 1. The fourth-order valence-corrected chi connectivity index (χ4v) is 3.47. The van der Waals surface area contributed by atoms with Crippen molar-refractivity contribution < 1.29 is 14.3 Å². The number of fused-ring (bicyclic) bond motifs is 1. The van der Waals surface area contributed by atoms with Crippen LogP contribution in [-0.2, 0) is 4.79 Å². The molecule has 0 saturated carbocycles. The summed E-state index contributed by atoms with van der Waals surface area (Å²) in [5.41, 5.74) is 1.15. The molecule has 2 unspecified atom stereocenters. The van der Waals surface area contributed by atoms with Gasteiger partial charge in [-0.05, 0) is 24.7 Å². The summed E-state index contributed by atoms with van der Waals surface area (Å²) in [7, 11) is 2.09. The first-order valence-electron chi connectivity index (χ1n) is 8.65. The summed E-state index contributed by atoms with van der Waals surface area (Å²) in [6.45, 7) is 2.62. The number of likely N-dealkylation sites (N-methyl/N-ethyl adjacent to an activating group) is 1. The molecule has 2 aromatic carbocycles. The van der Waals surface area contributed by atoms with Gasteiger partial charge in [-0.15, -0.1) is 0 Å². The van der Waals surface area contributed by atoms with Crippen molar-refractivity contribution in [2.24, 2.45) is 0 Å². The highest BCUT2D eigenvalue weighted by Gasteiger charge is 2.37. The molecule has 5 nitrogen and oxygen atoms in total. The molecule has 0 aromatic heterocycles. The summed E-state index contributed by atoms with van der Waals surface area (Å²) in [6.07, 6.45) is -0.593. The highest BCUT2D eigenvalue weighted by Crippen LogP contribution is 2.33. The van der Waals surface area contributed by atoms with E-state index in [1.54, 1.807) is 0 Å². The van der Waals surface area contributed by atoms with Gasteiger partial charge in [0, 0.05) is 19.6 Å². The van der Waals surface area contributed by atoms with Crippen molar-refractivity contribution in [3.63, 3.8) is 0 Å². The van der Waals surface area contributed by atoms with E-state index in [0.717, 1.165) is 18.7 Å². The fraction of sp³-hybridized carbons (Fsp3) is 0.350. The zero-order valence-electron chi connectivity index (χ0n) is 14.3. The Labute approximate surface area is 147 Å². The van der Waals surface area contributed by atoms with Gasteiger partial charge in [-0.1, -0.05) is 42.5 Å². The van der Waals surface area contributed by atoms with Crippen LogP contribution in [0, 0.1) is 0 Å². The zero-order valence-corrected chi connectivity index (χ0v) is 14.3. The number of benzene rings is 2. The molecule has 2 aromatic rings. The fourth-order valence-electron chi connectivity index (χ4n) is 3.47. The Hall–Kier alpha value is -2.53. The van der Waals surface area contributed by atoms with Crippen molar-refractivity contribution in [3.8, 4) is 11.5 Å². The van der Waals surface area contributed by atoms with E-state index in [1.807, 2.05) is 47.4 Å². The van der Waals surface area contributed by atoms with Gasteiger partial charge in [-0.2, -0.15) is 0 Å². The number of piperazine rings is 1. The van der Waals surface area contributed by atoms with Crippen molar-refractivity contribution in [1.82, 2.24) is 9.80 Å². The standard InChI is InChI=1S/C20H22N2O3/c1-21-11-12-22(16(13-21)15-7-3-2-4-8-15)20(23)19-14-24-17-9-5-6-10-18(17)25-19/h2-10,16,19H,11-14H2,1H3. The SMILES string of the molecule is CN1CCN(C(=O)C2COc3ccccc3O2)C(c2ccccc2)C1. The summed E-state index contributed by atoms with van der Waals surface area (Å²) < 4.78 is 11.7. The first-order chi connectivity index (χ1) is 12.2. The lowest BCUT2D eigenvalue weighted by Gasteiger charge is -2.42. The van der Waals surface area contributed by atoms with Crippen LogP contribution in [-0.4, -0.2) is 55.1 Å². The molecule has 2 atom stereocenters. The van der Waals surface area contributed by atoms with Crippen molar-refractivity contribution in [2.75, 3.05) is 33.3 Å². The molecule has 0 spiro atoms. The van der Waals surface area contributed by atoms with Crippen LogP contribution in [0.5, 0.6) is 11.5 Å². The number of hydrogen-bond acceptors (Lipinski definition) is 4. The Bertz CT molecular complexity index is 750. The maximum Gasteiger partial charge on any atom is 0.267 e. The Balaban J connectivity index is 1.56. The Morgan fingerprint density at radius 3 is 2.52 bits per heavy atom. The van der Waals surface area contributed by atoms with Gasteiger partial charge in [0.15, 0.2) is 11.5 Å². The second-order valence-corrected chi connectivity index (χ2v) is 6.58. The maximum absolute atomic E-state index is 13.2. The molecule has 0 radical (unpaired) electrons. The van der Waals surface area contributed by atoms with Crippen LogP contribution in [0.1, 0.15) is 11.6 Å². The Morgan fingerprint density at radius 2 is 1.72 bits per heavy atom. The molecular weight excluding hydrogens is 316 g/mol. The first kappa shape index (κ1) is 16.0. The molecule has 0 aliphatic carbocycles. The van der Waals surface area contributed by atoms with E-state index in [2.05, 4.69) is 24.1 Å². The van der Waals surface area contributed by atoms with Crippen LogP contribution >= 0.6 is 0 Å². The zero-order chi connectivity index (χ0) is 17.2. The number of hydrogen-bond donors (Lipinski definition) is 0. The van der Waals surface area contributed by atoms with Crippen LogP contribution < -0.4 is 9.47 Å². The second-order valence-electron chi connectivity index (χ2n) is 6.58. The Morgan fingerprint density at radius 1 is 1.00 bits per heavy atom. The van der Waals surface area contributed by atoms with E-state index in [0.29, 0.717) is 18.0 Å².